The number of hydrogen-bond donors (Lipinski definition) is 2. The summed E-state index contributed by atoms with van der Waals surface area (Å²) in [5, 5.41) is 12.9. The van der Waals surface area contributed by atoms with E-state index in [1.807, 2.05) is 25.1 Å². The molecule has 17 heavy (non-hydrogen) atoms. The molecule has 88 valence electrons. The van der Waals surface area contributed by atoms with Crippen LogP contribution in [-0.4, -0.2) is 20.9 Å². The van der Waals surface area contributed by atoms with Crippen molar-refractivity contribution in [2.45, 2.75) is 6.92 Å². The second-order valence-electron chi connectivity index (χ2n) is 3.62. The van der Waals surface area contributed by atoms with E-state index in [4.69, 9.17) is 10.8 Å². The molecule has 5 nitrogen and oxygen atoms in total. The maximum Gasteiger partial charge on any atom is 0.341 e. The van der Waals surface area contributed by atoms with Gasteiger partial charge in [0.1, 0.15) is 11.4 Å². The van der Waals surface area contributed by atoms with E-state index in [9.17, 15) is 4.79 Å². The van der Waals surface area contributed by atoms with Gasteiger partial charge < -0.3 is 10.8 Å². The molecule has 0 unspecified atom stereocenters. The Morgan fingerprint density at radius 2 is 2.24 bits per heavy atom. The maximum atomic E-state index is 10.9. The van der Waals surface area contributed by atoms with Crippen LogP contribution >= 0.6 is 15.9 Å². The first-order chi connectivity index (χ1) is 8.00. The van der Waals surface area contributed by atoms with Gasteiger partial charge in [-0.3, -0.25) is 0 Å². The SMILES string of the molecule is Cc1ccc(-n2ncc(C(=O)O)c2N)c(Br)c1. The summed E-state index contributed by atoms with van der Waals surface area (Å²) in [5.41, 5.74) is 7.54. The molecule has 0 bridgehead atoms. The Labute approximate surface area is 106 Å². The molecule has 0 spiro atoms. The number of rotatable bonds is 2. The summed E-state index contributed by atoms with van der Waals surface area (Å²) in [6.45, 7) is 1.96. The minimum Gasteiger partial charge on any atom is -0.477 e. The normalized spacial score (nSPS) is 10.5. The van der Waals surface area contributed by atoms with Crippen LogP contribution in [0.1, 0.15) is 15.9 Å². The van der Waals surface area contributed by atoms with Gasteiger partial charge in [-0.05, 0) is 40.5 Å². The van der Waals surface area contributed by atoms with Gasteiger partial charge in [0, 0.05) is 4.47 Å². The molecule has 0 amide bonds. The maximum absolute atomic E-state index is 10.9. The van der Waals surface area contributed by atoms with Crippen molar-refractivity contribution in [1.29, 1.82) is 0 Å². The molecule has 2 aromatic rings. The third-order valence-electron chi connectivity index (χ3n) is 2.37. The second-order valence-corrected chi connectivity index (χ2v) is 4.47. The van der Waals surface area contributed by atoms with Crippen LogP contribution in [0.25, 0.3) is 5.69 Å². The molecular formula is C11H10BrN3O2. The van der Waals surface area contributed by atoms with Crippen molar-refractivity contribution < 1.29 is 9.90 Å². The highest BCUT2D eigenvalue weighted by Gasteiger charge is 2.16. The summed E-state index contributed by atoms with van der Waals surface area (Å²) < 4.78 is 2.21. The van der Waals surface area contributed by atoms with E-state index >= 15 is 0 Å². The number of carbonyl (C=O) groups is 1. The number of aromatic nitrogens is 2. The fourth-order valence-electron chi connectivity index (χ4n) is 1.50. The minimum absolute atomic E-state index is 0.00234. The van der Waals surface area contributed by atoms with Crippen LogP contribution < -0.4 is 5.73 Å². The molecule has 1 aromatic carbocycles. The van der Waals surface area contributed by atoms with Crippen LogP contribution in [0.3, 0.4) is 0 Å². The second kappa shape index (κ2) is 4.21. The number of aryl methyl sites for hydroxylation is 1. The van der Waals surface area contributed by atoms with Gasteiger partial charge in [0.25, 0.3) is 0 Å². The molecule has 1 aromatic heterocycles. The van der Waals surface area contributed by atoms with Gasteiger partial charge in [0.2, 0.25) is 0 Å². The van der Waals surface area contributed by atoms with Crippen molar-refractivity contribution in [3.05, 3.63) is 40.0 Å². The van der Waals surface area contributed by atoms with Crippen LogP contribution in [0, 0.1) is 6.92 Å². The molecule has 0 saturated heterocycles. The van der Waals surface area contributed by atoms with Crippen molar-refractivity contribution in [2.75, 3.05) is 5.73 Å². The van der Waals surface area contributed by atoms with Crippen molar-refractivity contribution in [3.63, 3.8) is 0 Å². The van der Waals surface area contributed by atoms with Crippen LogP contribution in [0.5, 0.6) is 0 Å². The van der Waals surface area contributed by atoms with Crippen LogP contribution in [0.2, 0.25) is 0 Å². The Balaban J connectivity index is 2.57. The Morgan fingerprint density at radius 3 is 2.76 bits per heavy atom. The van der Waals surface area contributed by atoms with Crippen LogP contribution in [-0.2, 0) is 0 Å². The lowest BCUT2D eigenvalue weighted by Gasteiger charge is -2.07. The number of nitrogens with two attached hydrogens (primary N) is 1. The average Bonchev–Trinajstić information content (AvgIpc) is 2.60. The predicted octanol–water partition coefficient (Wildman–Crippen LogP) is 2.22. The third-order valence-corrected chi connectivity index (χ3v) is 3.00. The fourth-order valence-corrected chi connectivity index (χ4v) is 2.16. The van der Waals surface area contributed by atoms with Crippen molar-refractivity contribution in [1.82, 2.24) is 9.78 Å². The summed E-state index contributed by atoms with van der Waals surface area (Å²) in [4.78, 5) is 10.9. The number of anilines is 1. The molecule has 1 heterocycles. The lowest BCUT2D eigenvalue weighted by atomic mass is 10.2. The smallest absolute Gasteiger partial charge is 0.341 e. The van der Waals surface area contributed by atoms with Gasteiger partial charge in [-0.15, -0.1) is 0 Å². The molecule has 6 heteroatoms. The van der Waals surface area contributed by atoms with E-state index in [1.165, 1.54) is 10.9 Å². The Bertz CT molecular complexity index is 592. The number of benzene rings is 1. The summed E-state index contributed by atoms with van der Waals surface area (Å²) in [6.07, 6.45) is 1.24. The largest absolute Gasteiger partial charge is 0.477 e. The molecule has 3 N–H and O–H groups in total. The third kappa shape index (κ3) is 2.03. The lowest BCUT2D eigenvalue weighted by molar-refractivity contribution is 0.0698. The first-order valence-corrected chi connectivity index (χ1v) is 5.63. The van der Waals surface area contributed by atoms with E-state index in [0.717, 1.165) is 10.0 Å². The van der Waals surface area contributed by atoms with Crippen molar-refractivity contribution in [2.24, 2.45) is 0 Å². The van der Waals surface area contributed by atoms with E-state index in [2.05, 4.69) is 21.0 Å². The molecule has 0 aliphatic rings. The highest BCUT2D eigenvalue weighted by atomic mass is 79.9. The Morgan fingerprint density at radius 1 is 1.53 bits per heavy atom. The number of carboxylic acid groups (broad SMARTS) is 1. The fraction of sp³-hybridized carbons (Fsp3) is 0.0909. The Hall–Kier alpha value is -1.82. The number of nitrogen functional groups attached to an aromatic ring is 1. The molecule has 0 aliphatic carbocycles. The molecule has 0 radical (unpaired) electrons. The number of aromatic carboxylic acids is 1. The average molecular weight is 296 g/mol. The highest BCUT2D eigenvalue weighted by molar-refractivity contribution is 9.10. The van der Waals surface area contributed by atoms with Gasteiger partial charge in [-0.25, -0.2) is 9.48 Å². The van der Waals surface area contributed by atoms with Crippen LogP contribution in [0.4, 0.5) is 5.82 Å². The minimum atomic E-state index is -1.09. The highest BCUT2D eigenvalue weighted by Crippen LogP contribution is 2.25. The number of carboxylic acids is 1. The molecule has 0 atom stereocenters. The number of hydrogen-bond acceptors (Lipinski definition) is 3. The first-order valence-electron chi connectivity index (χ1n) is 4.84. The lowest BCUT2D eigenvalue weighted by Crippen LogP contribution is -2.06. The van der Waals surface area contributed by atoms with Crippen molar-refractivity contribution >= 4 is 27.7 Å². The number of nitrogens with zero attached hydrogens (tertiary/aromatic N) is 2. The summed E-state index contributed by atoms with van der Waals surface area (Å²) in [6, 6.07) is 5.65. The van der Waals surface area contributed by atoms with Gasteiger partial charge in [-0.1, -0.05) is 6.07 Å². The van der Waals surface area contributed by atoms with E-state index in [0.29, 0.717) is 5.69 Å². The zero-order valence-electron chi connectivity index (χ0n) is 9.01. The molecule has 0 fully saturated rings. The summed E-state index contributed by atoms with van der Waals surface area (Å²) in [5.74, 6) is -0.973. The monoisotopic (exact) mass is 295 g/mol. The van der Waals surface area contributed by atoms with Gasteiger partial charge in [-0.2, -0.15) is 5.10 Å². The van der Waals surface area contributed by atoms with E-state index < -0.39 is 5.97 Å². The van der Waals surface area contributed by atoms with Gasteiger partial charge in [0.15, 0.2) is 0 Å². The summed E-state index contributed by atoms with van der Waals surface area (Å²) in [7, 11) is 0. The molecular weight excluding hydrogens is 286 g/mol. The number of halogens is 1. The van der Waals surface area contributed by atoms with Gasteiger partial charge in [0.05, 0.1) is 11.9 Å². The van der Waals surface area contributed by atoms with Crippen LogP contribution in [0.15, 0.2) is 28.9 Å². The quantitative estimate of drug-likeness (QED) is 0.890. The molecule has 2 rings (SSSR count). The standard InChI is InChI=1S/C11H10BrN3O2/c1-6-2-3-9(8(12)4-6)15-10(13)7(5-14-15)11(16)17/h2-5H,13H2,1H3,(H,16,17). The molecule has 0 saturated carbocycles. The zero-order valence-corrected chi connectivity index (χ0v) is 10.6. The topological polar surface area (TPSA) is 81.1 Å². The van der Waals surface area contributed by atoms with E-state index in [-0.39, 0.29) is 11.4 Å². The summed E-state index contributed by atoms with van der Waals surface area (Å²) >= 11 is 3.40. The Kier molecular flexibility index (Phi) is 2.89. The van der Waals surface area contributed by atoms with Gasteiger partial charge >= 0.3 is 5.97 Å². The zero-order chi connectivity index (χ0) is 12.6. The molecule has 0 aliphatic heterocycles. The van der Waals surface area contributed by atoms with E-state index in [1.54, 1.807) is 0 Å². The van der Waals surface area contributed by atoms with Crippen molar-refractivity contribution in [3.8, 4) is 5.69 Å². The first kappa shape index (κ1) is 11.7. The predicted molar refractivity (Wildman–Crippen MR) is 67.4 cm³/mol.